The zero-order valence-corrected chi connectivity index (χ0v) is 16.3. The molecular formula is C17H23N7O2S. The quantitative estimate of drug-likeness (QED) is 0.361. The molecular weight excluding hydrogens is 366 g/mol. The van der Waals surface area contributed by atoms with Crippen LogP contribution in [0, 0.1) is 10.1 Å². The van der Waals surface area contributed by atoms with Gasteiger partial charge in [-0.15, -0.1) is 0 Å². The maximum Gasteiger partial charge on any atom is 0.274 e. The molecule has 3 rings (SSSR count). The minimum atomic E-state index is -0.356. The number of benzene rings is 1. The van der Waals surface area contributed by atoms with Crippen LogP contribution in [0.5, 0.6) is 0 Å². The van der Waals surface area contributed by atoms with Gasteiger partial charge in [0.2, 0.25) is 5.13 Å². The van der Waals surface area contributed by atoms with E-state index in [1.807, 2.05) is 0 Å². The molecule has 0 aliphatic carbocycles. The Labute approximate surface area is 162 Å². The number of nitro benzene ring substituents is 1. The number of hydrogen-bond acceptors (Lipinski definition) is 7. The number of aryl methyl sites for hydroxylation is 1. The molecule has 1 aromatic carbocycles. The standard InChI is InChI=1S/C17H23N7O2S/c1-3-15-20-17(27-21-15)23-10-8-22(9-11-23)16(18-2)19-12-13-6-4-5-7-14(13)24(25)26/h4-7H,3,8-12H2,1-2H3,(H,18,19). The van der Waals surface area contributed by atoms with Crippen LogP contribution in [0.2, 0.25) is 0 Å². The lowest BCUT2D eigenvalue weighted by Gasteiger charge is -2.36. The Kier molecular flexibility index (Phi) is 6.17. The van der Waals surface area contributed by atoms with E-state index in [0.29, 0.717) is 12.1 Å². The number of hydrogen-bond donors (Lipinski definition) is 1. The predicted octanol–water partition coefficient (Wildman–Crippen LogP) is 1.91. The number of aliphatic imine (C=N–C) groups is 1. The summed E-state index contributed by atoms with van der Waals surface area (Å²) in [5.41, 5.74) is 0.761. The number of nitrogens with one attached hydrogen (secondary N) is 1. The largest absolute Gasteiger partial charge is 0.352 e. The topological polar surface area (TPSA) is 99.8 Å². The number of nitrogens with zero attached hydrogens (tertiary/aromatic N) is 6. The molecule has 27 heavy (non-hydrogen) atoms. The van der Waals surface area contributed by atoms with Crippen LogP contribution in [0.3, 0.4) is 0 Å². The molecule has 1 aliphatic rings. The lowest BCUT2D eigenvalue weighted by atomic mass is 10.2. The SMILES string of the molecule is CCc1nsc(N2CCN(C(=NC)NCc3ccccc3[N+](=O)[O-])CC2)n1. The molecule has 0 amide bonds. The number of nitro groups is 1. The summed E-state index contributed by atoms with van der Waals surface area (Å²) in [6.45, 7) is 5.70. The summed E-state index contributed by atoms with van der Waals surface area (Å²) in [6.07, 6.45) is 0.846. The fraction of sp³-hybridized carbons (Fsp3) is 0.471. The van der Waals surface area contributed by atoms with E-state index in [4.69, 9.17) is 0 Å². The molecule has 9 nitrogen and oxygen atoms in total. The van der Waals surface area contributed by atoms with E-state index in [0.717, 1.165) is 49.5 Å². The van der Waals surface area contributed by atoms with Gasteiger partial charge in [-0.05, 0) is 0 Å². The minimum absolute atomic E-state index is 0.119. The molecule has 0 saturated carbocycles. The highest BCUT2D eigenvalue weighted by Crippen LogP contribution is 2.20. The average molecular weight is 389 g/mol. The summed E-state index contributed by atoms with van der Waals surface area (Å²) in [7, 11) is 1.73. The summed E-state index contributed by atoms with van der Waals surface area (Å²) in [5, 5.41) is 15.4. The smallest absolute Gasteiger partial charge is 0.274 e. The van der Waals surface area contributed by atoms with Crippen LogP contribution in [0.4, 0.5) is 10.8 Å². The Morgan fingerprint density at radius 3 is 2.70 bits per heavy atom. The highest BCUT2D eigenvalue weighted by molar-refractivity contribution is 7.09. The number of aromatic nitrogens is 2. The Bertz CT molecular complexity index is 815. The highest BCUT2D eigenvalue weighted by atomic mass is 32.1. The lowest BCUT2D eigenvalue weighted by molar-refractivity contribution is -0.385. The Morgan fingerprint density at radius 1 is 1.33 bits per heavy atom. The van der Waals surface area contributed by atoms with Crippen LogP contribution in [0.1, 0.15) is 18.3 Å². The first kappa shape index (κ1) is 19.0. The maximum atomic E-state index is 11.2. The highest BCUT2D eigenvalue weighted by Gasteiger charge is 2.22. The number of anilines is 1. The Morgan fingerprint density at radius 2 is 2.07 bits per heavy atom. The van der Waals surface area contributed by atoms with Gasteiger partial charge in [-0.1, -0.05) is 25.1 Å². The lowest BCUT2D eigenvalue weighted by Crippen LogP contribution is -2.52. The van der Waals surface area contributed by atoms with Crippen LogP contribution < -0.4 is 10.2 Å². The van der Waals surface area contributed by atoms with Gasteiger partial charge < -0.3 is 15.1 Å². The van der Waals surface area contributed by atoms with E-state index < -0.39 is 0 Å². The third kappa shape index (κ3) is 4.51. The van der Waals surface area contributed by atoms with E-state index in [1.54, 1.807) is 25.2 Å². The van der Waals surface area contributed by atoms with Crippen molar-refractivity contribution < 1.29 is 4.92 Å². The van der Waals surface area contributed by atoms with E-state index >= 15 is 0 Å². The second-order valence-electron chi connectivity index (χ2n) is 6.11. The summed E-state index contributed by atoms with van der Waals surface area (Å²) in [5.74, 6) is 1.64. The maximum absolute atomic E-state index is 11.2. The van der Waals surface area contributed by atoms with Crippen molar-refractivity contribution in [3.63, 3.8) is 0 Å². The Hall–Kier alpha value is -2.75. The van der Waals surface area contributed by atoms with E-state index in [-0.39, 0.29) is 10.6 Å². The van der Waals surface area contributed by atoms with Gasteiger partial charge in [-0.2, -0.15) is 4.37 Å². The van der Waals surface area contributed by atoms with E-state index in [2.05, 4.69) is 36.4 Å². The molecule has 1 aromatic heterocycles. The van der Waals surface area contributed by atoms with Gasteiger partial charge in [0.15, 0.2) is 5.96 Å². The number of rotatable bonds is 5. The molecule has 1 saturated heterocycles. The van der Waals surface area contributed by atoms with Gasteiger partial charge in [-0.25, -0.2) is 4.98 Å². The van der Waals surface area contributed by atoms with Gasteiger partial charge in [0.05, 0.1) is 4.92 Å². The van der Waals surface area contributed by atoms with Crippen molar-refractivity contribution >= 4 is 28.3 Å². The second kappa shape index (κ2) is 8.76. The number of para-hydroxylation sites is 1. The molecule has 2 aromatic rings. The summed E-state index contributed by atoms with van der Waals surface area (Å²) >= 11 is 1.44. The molecule has 10 heteroatoms. The third-order valence-electron chi connectivity index (χ3n) is 4.46. The molecule has 2 heterocycles. The van der Waals surface area contributed by atoms with Gasteiger partial charge in [0.25, 0.3) is 5.69 Å². The van der Waals surface area contributed by atoms with Gasteiger partial charge in [0.1, 0.15) is 5.82 Å². The molecule has 1 aliphatic heterocycles. The van der Waals surface area contributed by atoms with Crippen LogP contribution in [-0.4, -0.2) is 58.4 Å². The molecule has 0 unspecified atom stereocenters. The van der Waals surface area contributed by atoms with Crippen molar-refractivity contribution in [2.75, 3.05) is 38.1 Å². The normalized spacial score (nSPS) is 15.1. The molecule has 1 fully saturated rings. The molecule has 0 atom stereocenters. The fourth-order valence-corrected chi connectivity index (χ4v) is 3.77. The van der Waals surface area contributed by atoms with Crippen molar-refractivity contribution in [2.24, 2.45) is 4.99 Å². The molecule has 144 valence electrons. The van der Waals surface area contributed by atoms with Crippen molar-refractivity contribution in [2.45, 2.75) is 19.9 Å². The predicted molar refractivity (Wildman–Crippen MR) is 106 cm³/mol. The second-order valence-corrected chi connectivity index (χ2v) is 6.84. The summed E-state index contributed by atoms with van der Waals surface area (Å²) < 4.78 is 4.35. The van der Waals surface area contributed by atoms with Crippen LogP contribution in [0.15, 0.2) is 29.3 Å². The molecule has 1 N–H and O–H groups in total. The molecule has 0 radical (unpaired) electrons. The fourth-order valence-electron chi connectivity index (χ4n) is 2.97. The first-order valence-corrected chi connectivity index (χ1v) is 9.65. The van der Waals surface area contributed by atoms with Crippen LogP contribution >= 0.6 is 11.5 Å². The summed E-state index contributed by atoms with van der Waals surface area (Å²) in [6, 6.07) is 6.76. The van der Waals surface area contributed by atoms with Crippen molar-refractivity contribution in [1.82, 2.24) is 19.6 Å². The summed E-state index contributed by atoms with van der Waals surface area (Å²) in [4.78, 5) is 24.1. The van der Waals surface area contributed by atoms with Crippen molar-refractivity contribution in [1.29, 1.82) is 0 Å². The van der Waals surface area contributed by atoms with Crippen molar-refractivity contribution in [3.05, 3.63) is 45.8 Å². The minimum Gasteiger partial charge on any atom is -0.352 e. The van der Waals surface area contributed by atoms with Gasteiger partial charge in [-0.3, -0.25) is 15.1 Å². The zero-order valence-electron chi connectivity index (χ0n) is 15.5. The van der Waals surface area contributed by atoms with Crippen molar-refractivity contribution in [3.8, 4) is 0 Å². The van der Waals surface area contributed by atoms with Crippen LogP contribution in [0.25, 0.3) is 0 Å². The van der Waals surface area contributed by atoms with E-state index in [1.165, 1.54) is 17.6 Å². The van der Waals surface area contributed by atoms with Crippen LogP contribution in [-0.2, 0) is 13.0 Å². The average Bonchev–Trinajstić information content (AvgIpc) is 3.18. The zero-order chi connectivity index (χ0) is 19.2. The molecule has 0 spiro atoms. The number of guanidine groups is 1. The monoisotopic (exact) mass is 389 g/mol. The first-order chi connectivity index (χ1) is 13.1. The first-order valence-electron chi connectivity index (χ1n) is 8.87. The number of piperazine rings is 1. The van der Waals surface area contributed by atoms with Gasteiger partial charge in [0, 0.05) is 69.4 Å². The Balaban J connectivity index is 1.57. The van der Waals surface area contributed by atoms with E-state index in [9.17, 15) is 10.1 Å². The molecule has 0 bridgehead atoms. The van der Waals surface area contributed by atoms with Gasteiger partial charge >= 0.3 is 0 Å². The third-order valence-corrected chi connectivity index (χ3v) is 5.28.